The van der Waals surface area contributed by atoms with Gasteiger partial charge < -0.3 is 9.67 Å². The number of pyridine rings is 1. The third-order valence-electron chi connectivity index (χ3n) is 3.36. The van der Waals surface area contributed by atoms with Gasteiger partial charge in [-0.15, -0.1) is 0 Å². The third kappa shape index (κ3) is 2.64. The summed E-state index contributed by atoms with van der Waals surface area (Å²) in [5.74, 6) is -1.00. The standard InChI is InChI=1S/C14H17N3O3/c1-9-6-12(18)17(10(2)13(9)14(19)20)5-4-11-7-15-16(3)8-11/h6-8H,4-5H2,1-3H3,(H,19,20). The van der Waals surface area contributed by atoms with E-state index in [2.05, 4.69) is 5.10 Å². The first-order chi connectivity index (χ1) is 9.40. The second-order valence-corrected chi connectivity index (χ2v) is 4.86. The fourth-order valence-corrected chi connectivity index (χ4v) is 2.36. The normalized spacial score (nSPS) is 10.8. The topological polar surface area (TPSA) is 77.1 Å². The van der Waals surface area contributed by atoms with E-state index in [1.54, 1.807) is 24.7 Å². The van der Waals surface area contributed by atoms with Gasteiger partial charge in [0.15, 0.2) is 0 Å². The molecule has 0 spiro atoms. The van der Waals surface area contributed by atoms with E-state index in [1.165, 1.54) is 10.6 Å². The Morgan fingerprint density at radius 2 is 2.10 bits per heavy atom. The molecule has 2 aromatic rings. The van der Waals surface area contributed by atoms with Crippen LogP contribution in [0.5, 0.6) is 0 Å². The molecule has 0 bridgehead atoms. The lowest BCUT2D eigenvalue weighted by molar-refractivity contribution is 0.0694. The smallest absolute Gasteiger partial charge is 0.337 e. The van der Waals surface area contributed by atoms with Gasteiger partial charge in [0.25, 0.3) is 5.56 Å². The first-order valence-electron chi connectivity index (χ1n) is 6.32. The third-order valence-corrected chi connectivity index (χ3v) is 3.36. The Kier molecular flexibility index (Phi) is 3.74. The number of carboxylic acid groups (broad SMARTS) is 1. The predicted octanol–water partition coefficient (Wildman–Crippen LogP) is 1.14. The molecule has 0 aliphatic carbocycles. The Hall–Kier alpha value is -2.37. The number of carbonyl (C=O) groups is 1. The minimum absolute atomic E-state index is 0.172. The van der Waals surface area contributed by atoms with Crippen molar-refractivity contribution in [2.24, 2.45) is 7.05 Å². The van der Waals surface area contributed by atoms with Gasteiger partial charge in [0, 0.05) is 31.5 Å². The van der Waals surface area contributed by atoms with Gasteiger partial charge in [-0.1, -0.05) is 0 Å². The van der Waals surface area contributed by atoms with Crippen molar-refractivity contribution in [1.82, 2.24) is 14.3 Å². The maximum absolute atomic E-state index is 12.0. The summed E-state index contributed by atoms with van der Waals surface area (Å²) < 4.78 is 3.20. The van der Waals surface area contributed by atoms with Crippen molar-refractivity contribution in [2.45, 2.75) is 26.8 Å². The van der Waals surface area contributed by atoms with Crippen LogP contribution in [0.25, 0.3) is 0 Å². The number of aromatic nitrogens is 3. The van der Waals surface area contributed by atoms with Crippen LogP contribution in [0.4, 0.5) is 0 Å². The molecular weight excluding hydrogens is 258 g/mol. The van der Waals surface area contributed by atoms with Crippen molar-refractivity contribution < 1.29 is 9.90 Å². The molecule has 2 rings (SSSR count). The minimum Gasteiger partial charge on any atom is -0.478 e. The minimum atomic E-state index is -1.00. The average molecular weight is 275 g/mol. The lowest BCUT2D eigenvalue weighted by Crippen LogP contribution is -2.26. The van der Waals surface area contributed by atoms with Gasteiger partial charge in [-0.05, 0) is 31.4 Å². The first-order valence-corrected chi connectivity index (χ1v) is 6.32. The SMILES string of the molecule is Cc1cc(=O)n(CCc2cnn(C)c2)c(C)c1C(=O)O. The molecule has 20 heavy (non-hydrogen) atoms. The van der Waals surface area contributed by atoms with Crippen LogP contribution in [-0.2, 0) is 20.0 Å². The predicted molar refractivity (Wildman–Crippen MR) is 74.0 cm³/mol. The summed E-state index contributed by atoms with van der Waals surface area (Å²) in [5.41, 5.74) is 2.03. The summed E-state index contributed by atoms with van der Waals surface area (Å²) in [4.78, 5) is 23.3. The summed E-state index contributed by atoms with van der Waals surface area (Å²) in [6, 6.07) is 1.37. The molecular formula is C14H17N3O3. The molecule has 0 unspecified atom stereocenters. The van der Waals surface area contributed by atoms with E-state index in [0.29, 0.717) is 24.2 Å². The highest BCUT2D eigenvalue weighted by Crippen LogP contribution is 2.12. The van der Waals surface area contributed by atoms with E-state index in [9.17, 15) is 14.7 Å². The van der Waals surface area contributed by atoms with Gasteiger partial charge in [-0.3, -0.25) is 9.48 Å². The van der Waals surface area contributed by atoms with Crippen molar-refractivity contribution in [3.8, 4) is 0 Å². The Labute approximate surface area is 116 Å². The summed E-state index contributed by atoms with van der Waals surface area (Å²) in [5, 5.41) is 13.3. The maximum atomic E-state index is 12.0. The monoisotopic (exact) mass is 275 g/mol. The fraction of sp³-hybridized carbons (Fsp3) is 0.357. The van der Waals surface area contributed by atoms with Gasteiger partial charge in [0.05, 0.1) is 11.8 Å². The lowest BCUT2D eigenvalue weighted by atomic mass is 10.1. The highest BCUT2D eigenvalue weighted by molar-refractivity contribution is 5.90. The zero-order valence-corrected chi connectivity index (χ0v) is 11.8. The van der Waals surface area contributed by atoms with Crippen LogP contribution in [0.3, 0.4) is 0 Å². The van der Waals surface area contributed by atoms with Gasteiger partial charge in [-0.2, -0.15) is 5.10 Å². The molecule has 6 nitrogen and oxygen atoms in total. The number of hydrogen-bond donors (Lipinski definition) is 1. The van der Waals surface area contributed by atoms with Crippen LogP contribution < -0.4 is 5.56 Å². The Morgan fingerprint density at radius 1 is 1.40 bits per heavy atom. The van der Waals surface area contributed by atoms with Gasteiger partial charge in [0.2, 0.25) is 0 Å². The average Bonchev–Trinajstić information content (AvgIpc) is 2.73. The van der Waals surface area contributed by atoms with Crippen LogP contribution in [0.1, 0.15) is 27.2 Å². The van der Waals surface area contributed by atoms with Gasteiger partial charge in [-0.25, -0.2) is 4.79 Å². The van der Waals surface area contributed by atoms with E-state index in [-0.39, 0.29) is 11.1 Å². The highest BCUT2D eigenvalue weighted by atomic mass is 16.4. The molecule has 0 saturated carbocycles. The molecule has 0 atom stereocenters. The molecule has 0 radical (unpaired) electrons. The molecule has 2 aromatic heterocycles. The number of carboxylic acids is 1. The van der Waals surface area contributed by atoms with Crippen LogP contribution in [0, 0.1) is 13.8 Å². The van der Waals surface area contributed by atoms with Crippen LogP contribution in [0.15, 0.2) is 23.3 Å². The van der Waals surface area contributed by atoms with E-state index in [0.717, 1.165) is 5.56 Å². The molecule has 0 saturated heterocycles. The Bertz CT molecular complexity index is 713. The lowest BCUT2D eigenvalue weighted by Gasteiger charge is -2.13. The summed E-state index contributed by atoms with van der Waals surface area (Å²) in [7, 11) is 1.83. The van der Waals surface area contributed by atoms with Crippen molar-refractivity contribution >= 4 is 5.97 Å². The van der Waals surface area contributed by atoms with Crippen LogP contribution >= 0.6 is 0 Å². The summed E-state index contributed by atoms with van der Waals surface area (Å²) in [6.45, 7) is 3.75. The van der Waals surface area contributed by atoms with Crippen molar-refractivity contribution in [1.29, 1.82) is 0 Å². The first kappa shape index (κ1) is 14.0. The van der Waals surface area contributed by atoms with Gasteiger partial charge >= 0.3 is 5.97 Å². The van der Waals surface area contributed by atoms with Crippen LogP contribution in [-0.4, -0.2) is 25.4 Å². The van der Waals surface area contributed by atoms with E-state index in [1.807, 2.05) is 13.2 Å². The second-order valence-electron chi connectivity index (χ2n) is 4.86. The molecule has 2 heterocycles. The Balaban J connectivity index is 2.34. The Morgan fingerprint density at radius 3 is 2.65 bits per heavy atom. The largest absolute Gasteiger partial charge is 0.478 e. The van der Waals surface area contributed by atoms with Crippen molar-refractivity contribution in [3.05, 3.63) is 51.2 Å². The number of nitrogens with zero attached hydrogens (tertiary/aromatic N) is 3. The van der Waals surface area contributed by atoms with Gasteiger partial charge in [0.1, 0.15) is 0 Å². The van der Waals surface area contributed by atoms with E-state index < -0.39 is 5.97 Å². The molecule has 0 amide bonds. The fourth-order valence-electron chi connectivity index (χ4n) is 2.36. The number of aryl methyl sites for hydroxylation is 3. The summed E-state index contributed by atoms with van der Waals surface area (Å²) in [6.07, 6.45) is 4.26. The van der Waals surface area contributed by atoms with Crippen LogP contribution in [0.2, 0.25) is 0 Å². The quantitative estimate of drug-likeness (QED) is 0.907. The molecule has 0 aliphatic rings. The molecule has 1 N–H and O–H groups in total. The number of hydrogen-bond acceptors (Lipinski definition) is 3. The zero-order chi connectivity index (χ0) is 14.9. The van der Waals surface area contributed by atoms with E-state index in [4.69, 9.17) is 0 Å². The molecule has 0 fully saturated rings. The van der Waals surface area contributed by atoms with Crippen molar-refractivity contribution in [3.63, 3.8) is 0 Å². The summed E-state index contributed by atoms with van der Waals surface area (Å²) >= 11 is 0. The molecule has 106 valence electrons. The molecule has 0 aliphatic heterocycles. The number of rotatable bonds is 4. The van der Waals surface area contributed by atoms with E-state index >= 15 is 0 Å². The molecule has 6 heteroatoms. The zero-order valence-electron chi connectivity index (χ0n) is 11.8. The molecule has 0 aromatic carbocycles. The second kappa shape index (κ2) is 5.32. The maximum Gasteiger partial charge on any atom is 0.337 e. The number of aromatic carboxylic acids is 1. The van der Waals surface area contributed by atoms with Crippen molar-refractivity contribution in [2.75, 3.05) is 0 Å². The highest BCUT2D eigenvalue weighted by Gasteiger charge is 2.15.